The van der Waals surface area contributed by atoms with Crippen LogP contribution in [-0.4, -0.2) is 18.5 Å². The second kappa shape index (κ2) is 6.95. The maximum atomic E-state index is 12.1. The van der Waals surface area contributed by atoms with E-state index in [2.05, 4.69) is 0 Å². The maximum absolute atomic E-state index is 12.1. The highest BCUT2D eigenvalue weighted by molar-refractivity contribution is 6.30. The summed E-state index contributed by atoms with van der Waals surface area (Å²) >= 11 is 5.84. The van der Waals surface area contributed by atoms with Gasteiger partial charge in [0, 0.05) is 10.6 Å². The standard InChI is InChI=1S/C16H14ClNO4/c1-2-21-14-9-10(15(18)19)6-7-13(14)22-16(20)11-4-3-5-12(17)8-11/h3-9H,2H2,1H3,(H2,18,19). The van der Waals surface area contributed by atoms with Gasteiger partial charge in [-0.2, -0.15) is 0 Å². The van der Waals surface area contributed by atoms with Gasteiger partial charge in [-0.25, -0.2) is 4.79 Å². The zero-order valence-corrected chi connectivity index (χ0v) is 12.6. The molecule has 0 aromatic heterocycles. The number of amides is 1. The topological polar surface area (TPSA) is 78.6 Å². The molecule has 0 fully saturated rings. The molecule has 5 nitrogen and oxygen atoms in total. The molecule has 0 spiro atoms. The van der Waals surface area contributed by atoms with Crippen LogP contribution in [0.2, 0.25) is 5.02 Å². The number of hydrogen-bond donors (Lipinski definition) is 1. The minimum atomic E-state index is -0.589. The predicted molar refractivity (Wildman–Crippen MR) is 82.5 cm³/mol. The number of ether oxygens (including phenoxy) is 2. The molecule has 2 N–H and O–H groups in total. The van der Waals surface area contributed by atoms with Crippen LogP contribution in [0.4, 0.5) is 0 Å². The SMILES string of the molecule is CCOc1cc(C(N)=O)ccc1OC(=O)c1cccc(Cl)c1. The minimum absolute atomic E-state index is 0.205. The van der Waals surface area contributed by atoms with Crippen LogP contribution in [-0.2, 0) is 0 Å². The van der Waals surface area contributed by atoms with Crippen LogP contribution in [0.5, 0.6) is 11.5 Å². The normalized spacial score (nSPS) is 10.1. The molecule has 0 heterocycles. The van der Waals surface area contributed by atoms with Crippen LogP contribution in [0.3, 0.4) is 0 Å². The molecular weight excluding hydrogens is 306 g/mol. The highest BCUT2D eigenvalue weighted by Gasteiger charge is 2.14. The van der Waals surface area contributed by atoms with E-state index in [0.29, 0.717) is 17.2 Å². The van der Waals surface area contributed by atoms with E-state index in [1.54, 1.807) is 25.1 Å². The summed E-state index contributed by atoms with van der Waals surface area (Å²) in [6, 6.07) is 10.8. The highest BCUT2D eigenvalue weighted by atomic mass is 35.5. The van der Waals surface area contributed by atoms with Crippen molar-refractivity contribution in [3.63, 3.8) is 0 Å². The lowest BCUT2D eigenvalue weighted by Gasteiger charge is -2.11. The van der Waals surface area contributed by atoms with Crippen molar-refractivity contribution < 1.29 is 19.1 Å². The first kappa shape index (κ1) is 15.9. The van der Waals surface area contributed by atoms with E-state index < -0.39 is 11.9 Å². The fourth-order valence-corrected chi connectivity index (χ4v) is 1.98. The molecule has 0 aliphatic rings. The van der Waals surface area contributed by atoms with E-state index in [1.165, 1.54) is 24.3 Å². The predicted octanol–water partition coefficient (Wildman–Crippen LogP) is 3.06. The third-order valence-corrected chi connectivity index (χ3v) is 3.03. The van der Waals surface area contributed by atoms with Gasteiger partial charge in [-0.05, 0) is 43.3 Å². The van der Waals surface area contributed by atoms with E-state index in [9.17, 15) is 9.59 Å². The summed E-state index contributed by atoms with van der Waals surface area (Å²) in [6.45, 7) is 2.13. The molecule has 0 atom stereocenters. The first-order valence-corrected chi connectivity index (χ1v) is 6.93. The number of esters is 1. The molecule has 0 aliphatic heterocycles. The summed E-state index contributed by atoms with van der Waals surface area (Å²) in [4.78, 5) is 23.3. The van der Waals surface area contributed by atoms with Crippen molar-refractivity contribution in [2.75, 3.05) is 6.61 Å². The summed E-state index contributed by atoms with van der Waals surface area (Å²) in [5.41, 5.74) is 5.80. The molecule has 114 valence electrons. The largest absolute Gasteiger partial charge is 0.490 e. The van der Waals surface area contributed by atoms with Crippen LogP contribution >= 0.6 is 11.6 Å². The van der Waals surface area contributed by atoms with Crippen LogP contribution in [0.15, 0.2) is 42.5 Å². The lowest BCUT2D eigenvalue weighted by molar-refractivity contribution is 0.0728. The van der Waals surface area contributed by atoms with Crippen LogP contribution in [0, 0.1) is 0 Å². The summed E-state index contributed by atoms with van der Waals surface area (Å²) in [7, 11) is 0. The van der Waals surface area contributed by atoms with Crippen molar-refractivity contribution in [3.8, 4) is 11.5 Å². The number of rotatable bonds is 5. The van der Waals surface area contributed by atoms with Crippen LogP contribution < -0.4 is 15.2 Å². The molecule has 6 heteroatoms. The quantitative estimate of drug-likeness (QED) is 0.678. The first-order valence-electron chi connectivity index (χ1n) is 6.55. The molecular formula is C16H14ClNO4. The molecule has 0 aliphatic carbocycles. The number of hydrogen-bond acceptors (Lipinski definition) is 4. The Morgan fingerprint density at radius 2 is 1.86 bits per heavy atom. The maximum Gasteiger partial charge on any atom is 0.343 e. The number of nitrogens with two attached hydrogens (primary N) is 1. The molecule has 2 aromatic rings. The molecule has 0 saturated carbocycles. The smallest absolute Gasteiger partial charge is 0.343 e. The monoisotopic (exact) mass is 319 g/mol. The Bertz CT molecular complexity index is 715. The fourth-order valence-electron chi connectivity index (χ4n) is 1.79. The van der Waals surface area contributed by atoms with Gasteiger partial charge in [0.15, 0.2) is 11.5 Å². The van der Waals surface area contributed by atoms with Crippen LogP contribution in [0.25, 0.3) is 0 Å². The lowest BCUT2D eigenvalue weighted by Crippen LogP contribution is -2.13. The molecule has 0 bridgehead atoms. The van der Waals surface area contributed by atoms with Crippen molar-refractivity contribution in [3.05, 3.63) is 58.6 Å². The van der Waals surface area contributed by atoms with Gasteiger partial charge in [0.2, 0.25) is 5.91 Å². The molecule has 0 unspecified atom stereocenters. The third-order valence-electron chi connectivity index (χ3n) is 2.79. The number of primary amides is 1. The van der Waals surface area contributed by atoms with Gasteiger partial charge >= 0.3 is 5.97 Å². The van der Waals surface area contributed by atoms with Gasteiger partial charge in [-0.3, -0.25) is 4.79 Å². The Morgan fingerprint density at radius 1 is 1.09 bits per heavy atom. The fraction of sp³-hybridized carbons (Fsp3) is 0.125. The highest BCUT2D eigenvalue weighted by Crippen LogP contribution is 2.29. The van der Waals surface area contributed by atoms with Crippen molar-refractivity contribution >= 4 is 23.5 Å². The van der Waals surface area contributed by atoms with Crippen molar-refractivity contribution in [2.45, 2.75) is 6.92 Å². The van der Waals surface area contributed by atoms with E-state index in [4.69, 9.17) is 26.8 Å². The average Bonchev–Trinajstić information content (AvgIpc) is 2.49. The molecule has 22 heavy (non-hydrogen) atoms. The van der Waals surface area contributed by atoms with E-state index >= 15 is 0 Å². The van der Waals surface area contributed by atoms with E-state index in [1.807, 2.05) is 0 Å². The average molecular weight is 320 g/mol. The van der Waals surface area contributed by atoms with Gasteiger partial charge in [-0.1, -0.05) is 17.7 Å². The molecule has 0 radical (unpaired) electrons. The Labute approximate surface area is 132 Å². The summed E-state index contributed by atoms with van der Waals surface area (Å²) in [6.07, 6.45) is 0. The molecule has 2 aromatic carbocycles. The van der Waals surface area contributed by atoms with Crippen LogP contribution in [0.1, 0.15) is 27.6 Å². The summed E-state index contributed by atoms with van der Waals surface area (Å²) < 4.78 is 10.7. The van der Waals surface area contributed by atoms with E-state index in [-0.39, 0.29) is 17.1 Å². The van der Waals surface area contributed by atoms with E-state index in [0.717, 1.165) is 0 Å². The minimum Gasteiger partial charge on any atom is -0.490 e. The Balaban J connectivity index is 2.28. The third kappa shape index (κ3) is 3.77. The summed E-state index contributed by atoms with van der Waals surface area (Å²) in [5.74, 6) is -0.685. The summed E-state index contributed by atoms with van der Waals surface area (Å²) in [5, 5.41) is 0.434. The second-order valence-electron chi connectivity index (χ2n) is 4.36. The zero-order valence-electron chi connectivity index (χ0n) is 11.8. The first-order chi connectivity index (χ1) is 10.5. The van der Waals surface area contributed by atoms with Gasteiger partial charge < -0.3 is 15.2 Å². The van der Waals surface area contributed by atoms with Gasteiger partial charge in [0.05, 0.1) is 12.2 Å². The zero-order chi connectivity index (χ0) is 16.1. The molecule has 0 saturated heterocycles. The second-order valence-corrected chi connectivity index (χ2v) is 4.80. The number of carbonyl (C=O) groups excluding carboxylic acids is 2. The van der Waals surface area contributed by atoms with Crippen molar-refractivity contribution in [2.24, 2.45) is 5.73 Å². The number of benzene rings is 2. The Kier molecular flexibility index (Phi) is 5.01. The van der Waals surface area contributed by atoms with Crippen molar-refractivity contribution in [1.29, 1.82) is 0 Å². The Morgan fingerprint density at radius 3 is 2.50 bits per heavy atom. The molecule has 2 rings (SSSR count). The van der Waals surface area contributed by atoms with Crippen molar-refractivity contribution in [1.82, 2.24) is 0 Å². The van der Waals surface area contributed by atoms with Gasteiger partial charge in [0.25, 0.3) is 0 Å². The Hall–Kier alpha value is -2.53. The lowest BCUT2D eigenvalue weighted by atomic mass is 10.2. The van der Waals surface area contributed by atoms with Gasteiger partial charge in [-0.15, -0.1) is 0 Å². The molecule has 1 amide bonds. The number of carbonyl (C=O) groups is 2. The number of halogens is 1. The van der Waals surface area contributed by atoms with Gasteiger partial charge in [0.1, 0.15) is 0 Å².